The summed E-state index contributed by atoms with van der Waals surface area (Å²) < 4.78 is 14.9. The van der Waals surface area contributed by atoms with Crippen molar-refractivity contribution < 1.29 is 4.39 Å². The van der Waals surface area contributed by atoms with Gasteiger partial charge in [0.05, 0.1) is 5.69 Å². The van der Waals surface area contributed by atoms with Gasteiger partial charge >= 0.3 is 0 Å². The van der Waals surface area contributed by atoms with E-state index in [9.17, 15) is 4.39 Å². The van der Waals surface area contributed by atoms with Crippen molar-refractivity contribution in [3.05, 3.63) is 39.1 Å². The van der Waals surface area contributed by atoms with Crippen LogP contribution in [0.1, 0.15) is 36.3 Å². The summed E-state index contributed by atoms with van der Waals surface area (Å²) >= 11 is 5.01. The summed E-state index contributed by atoms with van der Waals surface area (Å²) in [7, 11) is 0. The standard InChI is InChI=1S/C15H16BrFN2S/c1-2-18-8-13-14(9-3-4-9)19-15(20-13)11-7-10(16)5-6-12(11)17/h5-7,9,18H,2-4,8H2,1H3. The second kappa shape index (κ2) is 5.92. The molecule has 20 heavy (non-hydrogen) atoms. The third-order valence-electron chi connectivity index (χ3n) is 3.39. The van der Waals surface area contributed by atoms with E-state index in [1.54, 1.807) is 17.4 Å². The minimum Gasteiger partial charge on any atom is -0.312 e. The van der Waals surface area contributed by atoms with Crippen LogP contribution in [0, 0.1) is 5.82 Å². The molecule has 106 valence electrons. The fraction of sp³-hybridized carbons (Fsp3) is 0.400. The van der Waals surface area contributed by atoms with Gasteiger partial charge in [-0.2, -0.15) is 0 Å². The van der Waals surface area contributed by atoms with Gasteiger partial charge in [0.15, 0.2) is 0 Å². The average Bonchev–Trinajstić information content (AvgIpc) is 3.20. The molecule has 2 aromatic rings. The molecule has 1 saturated carbocycles. The molecule has 1 heterocycles. The first-order chi connectivity index (χ1) is 9.69. The fourth-order valence-electron chi connectivity index (χ4n) is 2.18. The maximum absolute atomic E-state index is 14.0. The van der Waals surface area contributed by atoms with Crippen molar-refractivity contribution in [3.63, 3.8) is 0 Å². The van der Waals surface area contributed by atoms with E-state index >= 15 is 0 Å². The molecule has 1 fully saturated rings. The first-order valence-electron chi connectivity index (χ1n) is 6.84. The summed E-state index contributed by atoms with van der Waals surface area (Å²) in [6.45, 7) is 3.85. The van der Waals surface area contributed by atoms with Crippen LogP contribution in [0.25, 0.3) is 10.6 Å². The molecule has 0 amide bonds. The van der Waals surface area contributed by atoms with Crippen LogP contribution in [0.3, 0.4) is 0 Å². The highest BCUT2D eigenvalue weighted by Gasteiger charge is 2.30. The molecule has 1 aliphatic carbocycles. The molecule has 1 aromatic heterocycles. The van der Waals surface area contributed by atoms with Crippen molar-refractivity contribution >= 4 is 27.3 Å². The number of rotatable bonds is 5. The van der Waals surface area contributed by atoms with E-state index in [1.807, 2.05) is 6.07 Å². The molecule has 0 saturated heterocycles. The molecule has 1 N–H and O–H groups in total. The molecule has 0 unspecified atom stereocenters. The van der Waals surface area contributed by atoms with E-state index in [-0.39, 0.29) is 5.82 Å². The molecule has 0 atom stereocenters. The predicted molar refractivity (Wildman–Crippen MR) is 84.6 cm³/mol. The van der Waals surface area contributed by atoms with Crippen LogP contribution < -0.4 is 5.32 Å². The van der Waals surface area contributed by atoms with Crippen molar-refractivity contribution in [2.75, 3.05) is 6.54 Å². The third-order valence-corrected chi connectivity index (χ3v) is 4.98. The Morgan fingerprint density at radius 3 is 2.95 bits per heavy atom. The maximum Gasteiger partial charge on any atom is 0.133 e. The van der Waals surface area contributed by atoms with Crippen LogP contribution >= 0.6 is 27.3 Å². The van der Waals surface area contributed by atoms with Crippen molar-refractivity contribution in [1.29, 1.82) is 0 Å². The molecule has 1 aliphatic rings. The zero-order valence-corrected chi connectivity index (χ0v) is 13.7. The Kier molecular flexibility index (Phi) is 4.19. The number of hydrogen-bond acceptors (Lipinski definition) is 3. The summed E-state index contributed by atoms with van der Waals surface area (Å²) in [5.41, 5.74) is 1.76. The minimum atomic E-state index is -0.209. The van der Waals surface area contributed by atoms with Gasteiger partial charge in [-0.3, -0.25) is 0 Å². The number of halogens is 2. The quantitative estimate of drug-likeness (QED) is 0.841. The first kappa shape index (κ1) is 14.2. The monoisotopic (exact) mass is 354 g/mol. The van der Waals surface area contributed by atoms with Crippen LogP contribution in [0.4, 0.5) is 4.39 Å². The van der Waals surface area contributed by atoms with Crippen LogP contribution in [0.15, 0.2) is 22.7 Å². The molecule has 1 aromatic carbocycles. The molecule has 5 heteroatoms. The predicted octanol–water partition coefficient (Wildman–Crippen LogP) is 4.70. The van der Waals surface area contributed by atoms with Crippen molar-refractivity contribution in [2.24, 2.45) is 0 Å². The van der Waals surface area contributed by atoms with Crippen LogP contribution in [-0.2, 0) is 6.54 Å². The number of nitrogens with zero attached hydrogens (tertiary/aromatic N) is 1. The lowest BCUT2D eigenvalue weighted by Gasteiger charge is -2.00. The third kappa shape index (κ3) is 2.95. The van der Waals surface area contributed by atoms with Gasteiger partial charge < -0.3 is 5.32 Å². The van der Waals surface area contributed by atoms with Crippen molar-refractivity contribution in [1.82, 2.24) is 10.3 Å². The molecular formula is C15H16BrFN2S. The lowest BCUT2D eigenvalue weighted by molar-refractivity contribution is 0.631. The van der Waals surface area contributed by atoms with Gasteiger partial charge in [0.25, 0.3) is 0 Å². The summed E-state index contributed by atoms with van der Waals surface area (Å²) in [5.74, 6) is 0.378. The van der Waals surface area contributed by atoms with Crippen molar-refractivity contribution in [3.8, 4) is 10.6 Å². The van der Waals surface area contributed by atoms with Gasteiger partial charge in [-0.05, 0) is 37.6 Å². The van der Waals surface area contributed by atoms with Gasteiger partial charge in [0.2, 0.25) is 0 Å². The Labute approximate surface area is 130 Å². The Morgan fingerprint density at radius 2 is 2.25 bits per heavy atom. The highest BCUT2D eigenvalue weighted by Crippen LogP contribution is 2.44. The second-order valence-electron chi connectivity index (χ2n) is 5.01. The van der Waals surface area contributed by atoms with Gasteiger partial charge in [-0.1, -0.05) is 22.9 Å². The smallest absolute Gasteiger partial charge is 0.133 e. The normalized spacial score (nSPS) is 14.8. The molecule has 0 radical (unpaired) electrons. The zero-order chi connectivity index (χ0) is 14.1. The van der Waals surface area contributed by atoms with Gasteiger partial charge in [-0.15, -0.1) is 11.3 Å². The Hall–Kier alpha value is -0.780. The van der Waals surface area contributed by atoms with E-state index in [0.29, 0.717) is 11.5 Å². The molecule has 3 rings (SSSR count). The average molecular weight is 355 g/mol. The molecule has 2 nitrogen and oxygen atoms in total. The van der Waals surface area contributed by atoms with Crippen LogP contribution in [0.5, 0.6) is 0 Å². The van der Waals surface area contributed by atoms with E-state index in [0.717, 1.165) is 22.6 Å². The second-order valence-corrected chi connectivity index (χ2v) is 7.01. The summed E-state index contributed by atoms with van der Waals surface area (Å²) in [6, 6.07) is 5.01. The zero-order valence-electron chi connectivity index (χ0n) is 11.2. The highest BCUT2D eigenvalue weighted by molar-refractivity contribution is 9.10. The van der Waals surface area contributed by atoms with Crippen molar-refractivity contribution in [2.45, 2.75) is 32.2 Å². The summed E-state index contributed by atoms with van der Waals surface area (Å²) in [5, 5.41) is 4.14. The first-order valence-corrected chi connectivity index (χ1v) is 8.45. The number of benzene rings is 1. The van der Waals surface area contributed by atoms with E-state index < -0.39 is 0 Å². The largest absolute Gasteiger partial charge is 0.312 e. The Bertz CT molecular complexity index is 622. The number of nitrogens with one attached hydrogen (secondary N) is 1. The van der Waals surface area contributed by atoms with Gasteiger partial charge in [0, 0.05) is 27.4 Å². The van der Waals surface area contributed by atoms with Gasteiger partial charge in [-0.25, -0.2) is 9.37 Å². The topological polar surface area (TPSA) is 24.9 Å². The molecule has 0 aliphatic heterocycles. The highest BCUT2D eigenvalue weighted by atomic mass is 79.9. The molecule has 0 bridgehead atoms. The lowest BCUT2D eigenvalue weighted by atomic mass is 10.2. The number of thiazole rings is 1. The van der Waals surface area contributed by atoms with Crippen LogP contribution in [-0.4, -0.2) is 11.5 Å². The van der Waals surface area contributed by atoms with E-state index in [1.165, 1.54) is 29.5 Å². The SMILES string of the molecule is CCNCc1sc(-c2cc(Br)ccc2F)nc1C1CC1. The minimum absolute atomic E-state index is 0.209. The number of hydrogen-bond donors (Lipinski definition) is 1. The molecular weight excluding hydrogens is 339 g/mol. The number of aromatic nitrogens is 1. The maximum atomic E-state index is 14.0. The van der Waals surface area contributed by atoms with Gasteiger partial charge in [0.1, 0.15) is 10.8 Å². The lowest BCUT2D eigenvalue weighted by Crippen LogP contribution is -2.11. The summed E-state index contributed by atoms with van der Waals surface area (Å²) in [4.78, 5) is 5.97. The summed E-state index contributed by atoms with van der Waals surface area (Å²) in [6.07, 6.45) is 2.42. The van der Waals surface area contributed by atoms with E-state index in [2.05, 4.69) is 28.2 Å². The fourth-order valence-corrected chi connectivity index (χ4v) is 3.68. The molecule has 0 spiro atoms. The van der Waals surface area contributed by atoms with E-state index in [4.69, 9.17) is 4.98 Å². The Balaban J connectivity index is 1.99. The van der Waals surface area contributed by atoms with Crippen LogP contribution in [0.2, 0.25) is 0 Å². The Morgan fingerprint density at radius 1 is 1.45 bits per heavy atom.